The number of rotatable bonds is 4. The van der Waals surface area contributed by atoms with Crippen LogP contribution in [0.15, 0.2) is 0 Å². The molecule has 1 aliphatic heterocycles. The zero-order chi connectivity index (χ0) is 10.4. The summed E-state index contributed by atoms with van der Waals surface area (Å²) in [5.41, 5.74) is 0. The van der Waals surface area contributed by atoms with E-state index < -0.39 is 0 Å². The first kappa shape index (κ1) is 11.6. The standard InChI is InChI=1S/C12H22N2/c1-4-5-6-8-13-12-7-9-14(3)11(2)10-12/h1,11-13H,5-10H2,2-3H3. The number of hydrogen-bond donors (Lipinski definition) is 1. The van der Waals surface area contributed by atoms with Gasteiger partial charge in [-0.05, 0) is 46.3 Å². The molecule has 0 amide bonds. The second kappa shape index (κ2) is 6.06. The van der Waals surface area contributed by atoms with Crippen LogP contribution >= 0.6 is 0 Å². The van der Waals surface area contributed by atoms with Gasteiger partial charge in [0.1, 0.15) is 0 Å². The molecule has 1 saturated heterocycles. The Labute approximate surface area is 88.1 Å². The molecular formula is C12H22N2. The van der Waals surface area contributed by atoms with Gasteiger partial charge in [0.15, 0.2) is 0 Å². The summed E-state index contributed by atoms with van der Waals surface area (Å²) in [6.45, 7) is 4.59. The van der Waals surface area contributed by atoms with Crippen LogP contribution < -0.4 is 5.32 Å². The summed E-state index contributed by atoms with van der Waals surface area (Å²) in [7, 11) is 2.21. The third-order valence-electron chi connectivity index (χ3n) is 3.14. The highest BCUT2D eigenvalue weighted by Crippen LogP contribution is 2.14. The van der Waals surface area contributed by atoms with Crippen LogP contribution in [0.4, 0.5) is 0 Å². The molecule has 1 aliphatic rings. The molecule has 0 aliphatic carbocycles. The molecule has 2 heteroatoms. The highest BCUT2D eigenvalue weighted by Gasteiger charge is 2.21. The molecule has 14 heavy (non-hydrogen) atoms. The van der Waals surface area contributed by atoms with Crippen LogP contribution in [0.5, 0.6) is 0 Å². The van der Waals surface area contributed by atoms with E-state index in [1.54, 1.807) is 0 Å². The number of terminal acetylenes is 1. The van der Waals surface area contributed by atoms with Gasteiger partial charge in [0.05, 0.1) is 0 Å². The molecule has 0 aromatic heterocycles. The van der Waals surface area contributed by atoms with E-state index in [9.17, 15) is 0 Å². The molecule has 1 rings (SSSR count). The number of hydrogen-bond acceptors (Lipinski definition) is 2. The summed E-state index contributed by atoms with van der Waals surface area (Å²) in [4.78, 5) is 2.43. The van der Waals surface area contributed by atoms with Crippen LogP contribution in [0.2, 0.25) is 0 Å². The summed E-state index contributed by atoms with van der Waals surface area (Å²) >= 11 is 0. The molecule has 0 radical (unpaired) electrons. The molecule has 0 aromatic carbocycles. The first-order valence-corrected chi connectivity index (χ1v) is 5.61. The highest BCUT2D eigenvalue weighted by atomic mass is 15.1. The summed E-state index contributed by atoms with van der Waals surface area (Å²) in [6, 6.07) is 1.42. The van der Waals surface area contributed by atoms with Crippen molar-refractivity contribution < 1.29 is 0 Å². The Morgan fingerprint density at radius 1 is 1.57 bits per heavy atom. The third-order valence-corrected chi connectivity index (χ3v) is 3.14. The van der Waals surface area contributed by atoms with Crippen LogP contribution in [-0.2, 0) is 0 Å². The van der Waals surface area contributed by atoms with E-state index in [4.69, 9.17) is 6.42 Å². The molecule has 0 bridgehead atoms. The van der Waals surface area contributed by atoms with Crippen LogP contribution in [0, 0.1) is 12.3 Å². The molecule has 2 atom stereocenters. The maximum Gasteiger partial charge on any atom is 0.00981 e. The minimum atomic E-state index is 0.707. The Balaban J connectivity index is 2.11. The zero-order valence-corrected chi connectivity index (χ0v) is 9.42. The fourth-order valence-corrected chi connectivity index (χ4v) is 1.97. The average molecular weight is 194 g/mol. The quantitative estimate of drug-likeness (QED) is 0.538. The summed E-state index contributed by atoms with van der Waals surface area (Å²) in [5, 5.41) is 3.59. The smallest absolute Gasteiger partial charge is 0.00981 e. The molecule has 80 valence electrons. The monoisotopic (exact) mass is 194 g/mol. The maximum atomic E-state index is 5.20. The molecule has 2 unspecified atom stereocenters. The largest absolute Gasteiger partial charge is 0.314 e. The lowest BCUT2D eigenvalue weighted by molar-refractivity contribution is 0.169. The van der Waals surface area contributed by atoms with Crippen molar-refractivity contribution in [2.24, 2.45) is 0 Å². The maximum absolute atomic E-state index is 5.20. The number of likely N-dealkylation sites (tertiary alicyclic amines) is 1. The van der Waals surface area contributed by atoms with Gasteiger partial charge in [0.25, 0.3) is 0 Å². The van der Waals surface area contributed by atoms with Crippen molar-refractivity contribution in [3.8, 4) is 12.3 Å². The van der Waals surface area contributed by atoms with Crippen molar-refractivity contribution in [2.45, 2.75) is 44.7 Å². The van der Waals surface area contributed by atoms with Crippen molar-refractivity contribution in [2.75, 3.05) is 20.1 Å². The van der Waals surface area contributed by atoms with Crippen molar-refractivity contribution in [3.63, 3.8) is 0 Å². The van der Waals surface area contributed by atoms with E-state index in [0.717, 1.165) is 19.4 Å². The average Bonchev–Trinajstić information content (AvgIpc) is 2.18. The van der Waals surface area contributed by atoms with E-state index in [1.807, 2.05) is 0 Å². The number of nitrogens with one attached hydrogen (secondary N) is 1. The van der Waals surface area contributed by atoms with Gasteiger partial charge in [0.2, 0.25) is 0 Å². The Hall–Kier alpha value is -0.520. The molecular weight excluding hydrogens is 172 g/mol. The van der Waals surface area contributed by atoms with Crippen molar-refractivity contribution in [1.29, 1.82) is 0 Å². The number of nitrogens with zero attached hydrogens (tertiary/aromatic N) is 1. The molecule has 0 aromatic rings. The van der Waals surface area contributed by atoms with Gasteiger partial charge < -0.3 is 10.2 Å². The molecule has 0 saturated carbocycles. The van der Waals surface area contributed by atoms with Crippen molar-refractivity contribution in [1.82, 2.24) is 10.2 Å². The van der Waals surface area contributed by atoms with Crippen molar-refractivity contribution in [3.05, 3.63) is 0 Å². The van der Waals surface area contributed by atoms with E-state index in [-0.39, 0.29) is 0 Å². The SMILES string of the molecule is C#CCCCNC1CCN(C)C(C)C1. The Kier molecular flexibility index (Phi) is 5.00. The van der Waals surface area contributed by atoms with E-state index in [2.05, 4.69) is 30.1 Å². The van der Waals surface area contributed by atoms with E-state index >= 15 is 0 Å². The second-order valence-corrected chi connectivity index (χ2v) is 4.31. The van der Waals surface area contributed by atoms with Crippen LogP contribution in [-0.4, -0.2) is 37.1 Å². The number of unbranched alkanes of at least 4 members (excludes halogenated alkanes) is 1. The molecule has 2 nitrogen and oxygen atoms in total. The minimum Gasteiger partial charge on any atom is -0.314 e. The Morgan fingerprint density at radius 2 is 2.36 bits per heavy atom. The Bertz CT molecular complexity index is 195. The van der Waals surface area contributed by atoms with Gasteiger partial charge in [-0.1, -0.05) is 0 Å². The third kappa shape index (κ3) is 3.69. The van der Waals surface area contributed by atoms with Crippen LogP contribution in [0.1, 0.15) is 32.6 Å². The van der Waals surface area contributed by atoms with Gasteiger partial charge in [-0.15, -0.1) is 12.3 Å². The van der Waals surface area contributed by atoms with Gasteiger partial charge in [-0.3, -0.25) is 0 Å². The predicted octanol–water partition coefficient (Wildman–Crippen LogP) is 1.47. The minimum absolute atomic E-state index is 0.707. The van der Waals surface area contributed by atoms with Crippen LogP contribution in [0.25, 0.3) is 0 Å². The lowest BCUT2D eigenvalue weighted by Gasteiger charge is -2.35. The lowest BCUT2D eigenvalue weighted by atomic mass is 9.99. The Morgan fingerprint density at radius 3 is 3.00 bits per heavy atom. The molecule has 1 N–H and O–H groups in total. The second-order valence-electron chi connectivity index (χ2n) is 4.31. The number of piperidine rings is 1. The van der Waals surface area contributed by atoms with Gasteiger partial charge in [-0.2, -0.15) is 0 Å². The van der Waals surface area contributed by atoms with Crippen molar-refractivity contribution >= 4 is 0 Å². The zero-order valence-electron chi connectivity index (χ0n) is 9.42. The topological polar surface area (TPSA) is 15.3 Å². The van der Waals surface area contributed by atoms with Crippen LogP contribution in [0.3, 0.4) is 0 Å². The first-order chi connectivity index (χ1) is 6.74. The van der Waals surface area contributed by atoms with E-state index in [1.165, 1.54) is 19.4 Å². The fourth-order valence-electron chi connectivity index (χ4n) is 1.97. The summed E-state index contributed by atoms with van der Waals surface area (Å²) < 4.78 is 0. The normalized spacial score (nSPS) is 28.6. The molecule has 1 heterocycles. The summed E-state index contributed by atoms with van der Waals surface area (Å²) in [6.07, 6.45) is 9.75. The predicted molar refractivity (Wildman–Crippen MR) is 61.2 cm³/mol. The van der Waals surface area contributed by atoms with Gasteiger partial charge in [0, 0.05) is 18.5 Å². The fraction of sp³-hybridized carbons (Fsp3) is 0.833. The van der Waals surface area contributed by atoms with Gasteiger partial charge in [-0.25, -0.2) is 0 Å². The first-order valence-electron chi connectivity index (χ1n) is 5.61. The molecule has 0 spiro atoms. The summed E-state index contributed by atoms with van der Waals surface area (Å²) in [5.74, 6) is 2.67. The van der Waals surface area contributed by atoms with E-state index in [0.29, 0.717) is 12.1 Å². The molecule has 1 fully saturated rings. The van der Waals surface area contributed by atoms with Gasteiger partial charge >= 0.3 is 0 Å². The lowest BCUT2D eigenvalue weighted by Crippen LogP contribution is -2.45. The highest BCUT2D eigenvalue weighted by molar-refractivity contribution is 4.84.